The summed E-state index contributed by atoms with van der Waals surface area (Å²) in [5, 5.41) is 13.9. The van der Waals surface area contributed by atoms with Gasteiger partial charge in [0.05, 0.1) is 17.4 Å². The molecular formula is C21H19N3O7. The number of methoxy groups -OCH3 is 1. The van der Waals surface area contributed by atoms with E-state index in [-0.39, 0.29) is 23.4 Å². The lowest BCUT2D eigenvalue weighted by molar-refractivity contribution is -0.383. The highest BCUT2D eigenvalue weighted by atomic mass is 16.7. The summed E-state index contributed by atoms with van der Waals surface area (Å²) in [5.41, 5.74) is 0.978. The van der Waals surface area contributed by atoms with Gasteiger partial charge in [-0.2, -0.15) is 0 Å². The lowest BCUT2D eigenvalue weighted by Crippen LogP contribution is -2.43. The van der Waals surface area contributed by atoms with Gasteiger partial charge in [0.25, 0.3) is 5.69 Å². The van der Waals surface area contributed by atoms with Gasteiger partial charge in [0.2, 0.25) is 6.79 Å². The monoisotopic (exact) mass is 425 g/mol. The highest BCUT2D eigenvalue weighted by Crippen LogP contribution is 2.31. The number of fused-ring (bicyclic) bond motifs is 1. The highest BCUT2D eigenvalue weighted by Gasteiger charge is 2.23. The van der Waals surface area contributed by atoms with Gasteiger partial charge in [-0.25, -0.2) is 9.59 Å². The largest absolute Gasteiger partial charge is 0.467 e. The van der Waals surface area contributed by atoms with Crippen LogP contribution in [0, 0.1) is 10.1 Å². The zero-order valence-electron chi connectivity index (χ0n) is 16.5. The molecule has 10 nitrogen and oxygen atoms in total. The molecule has 0 radical (unpaired) electrons. The van der Waals surface area contributed by atoms with Crippen molar-refractivity contribution >= 4 is 28.7 Å². The van der Waals surface area contributed by atoms with Gasteiger partial charge in [0.15, 0.2) is 0 Å². The van der Waals surface area contributed by atoms with Crippen LogP contribution in [0.2, 0.25) is 0 Å². The van der Waals surface area contributed by atoms with Gasteiger partial charge in [-0.05, 0) is 23.8 Å². The van der Waals surface area contributed by atoms with Gasteiger partial charge in [-0.3, -0.25) is 15.1 Å². The van der Waals surface area contributed by atoms with Crippen LogP contribution in [0.5, 0.6) is 5.75 Å². The lowest BCUT2D eigenvalue weighted by Gasteiger charge is -2.16. The SMILES string of the molecule is COC(=O)C(Cc1ccccc1)NC(=O)OCOc1ccc([N+](=O)[O-])c2cccnc12. The first-order valence-electron chi connectivity index (χ1n) is 9.19. The number of hydrogen-bond acceptors (Lipinski definition) is 8. The second-order valence-electron chi connectivity index (χ2n) is 6.34. The second-order valence-corrected chi connectivity index (χ2v) is 6.34. The Kier molecular flexibility index (Phi) is 6.94. The van der Waals surface area contributed by atoms with Crippen molar-refractivity contribution in [2.24, 2.45) is 0 Å². The summed E-state index contributed by atoms with van der Waals surface area (Å²) in [6.07, 6.45) is 0.808. The Balaban J connectivity index is 1.62. The van der Waals surface area contributed by atoms with Crippen LogP contribution in [0.15, 0.2) is 60.8 Å². The van der Waals surface area contributed by atoms with Crippen molar-refractivity contribution in [3.8, 4) is 5.75 Å². The summed E-state index contributed by atoms with van der Waals surface area (Å²) >= 11 is 0. The Bertz CT molecular complexity index is 1090. The number of benzene rings is 2. The van der Waals surface area contributed by atoms with Crippen LogP contribution in [0.1, 0.15) is 5.56 Å². The molecule has 0 spiro atoms. The third-order valence-corrected chi connectivity index (χ3v) is 4.37. The molecule has 1 unspecified atom stereocenters. The average molecular weight is 425 g/mol. The molecule has 3 aromatic rings. The van der Waals surface area contributed by atoms with Crippen molar-refractivity contribution in [2.75, 3.05) is 13.9 Å². The highest BCUT2D eigenvalue weighted by molar-refractivity contribution is 5.92. The topological polar surface area (TPSA) is 130 Å². The Morgan fingerprint density at radius 2 is 1.90 bits per heavy atom. The molecule has 0 aliphatic heterocycles. The van der Waals surface area contributed by atoms with Crippen molar-refractivity contribution in [3.05, 3.63) is 76.5 Å². The predicted octanol–water partition coefficient (Wildman–Crippen LogP) is 2.99. The van der Waals surface area contributed by atoms with Crippen LogP contribution in [0.3, 0.4) is 0 Å². The number of nitrogens with one attached hydrogen (secondary N) is 1. The number of alkyl carbamates (subject to hydrolysis) is 1. The minimum absolute atomic E-state index is 0.115. The maximum atomic E-state index is 12.1. The van der Waals surface area contributed by atoms with E-state index in [4.69, 9.17) is 14.2 Å². The summed E-state index contributed by atoms with van der Waals surface area (Å²) in [6.45, 7) is -0.492. The quantitative estimate of drug-likeness (QED) is 0.252. The van der Waals surface area contributed by atoms with Crippen LogP contribution in [-0.2, 0) is 20.7 Å². The van der Waals surface area contributed by atoms with E-state index < -0.39 is 29.8 Å². The van der Waals surface area contributed by atoms with Gasteiger partial charge in [0, 0.05) is 18.7 Å². The van der Waals surface area contributed by atoms with Crippen LogP contribution in [0.25, 0.3) is 10.9 Å². The predicted molar refractivity (Wildman–Crippen MR) is 109 cm³/mol. The maximum absolute atomic E-state index is 12.1. The molecule has 160 valence electrons. The number of rotatable bonds is 8. The molecule has 0 aliphatic carbocycles. The van der Waals surface area contributed by atoms with E-state index in [2.05, 4.69) is 10.3 Å². The standard InChI is InChI=1S/C21H19N3O7/c1-29-20(25)16(12-14-6-3-2-4-7-14)23-21(26)31-13-30-18-10-9-17(24(27)28)15-8-5-11-22-19(15)18/h2-11,16H,12-13H2,1H3,(H,23,26). The number of aromatic nitrogens is 1. The van der Waals surface area contributed by atoms with Crippen LogP contribution < -0.4 is 10.1 Å². The number of carbonyl (C=O) groups is 2. The molecule has 0 bridgehead atoms. The molecule has 1 heterocycles. The molecule has 0 aliphatic rings. The van der Waals surface area contributed by atoms with Crippen molar-refractivity contribution in [1.29, 1.82) is 0 Å². The molecule has 2 aromatic carbocycles. The van der Waals surface area contributed by atoms with E-state index >= 15 is 0 Å². The molecule has 10 heteroatoms. The van der Waals surface area contributed by atoms with Gasteiger partial charge >= 0.3 is 12.1 Å². The molecule has 1 N–H and O–H groups in total. The van der Waals surface area contributed by atoms with Gasteiger partial charge in [-0.1, -0.05) is 30.3 Å². The first-order valence-corrected chi connectivity index (χ1v) is 9.19. The molecule has 0 saturated carbocycles. The summed E-state index contributed by atoms with van der Waals surface area (Å²) in [7, 11) is 1.23. The smallest absolute Gasteiger partial charge is 0.410 e. The summed E-state index contributed by atoms with van der Waals surface area (Å²) in [6, 6.07) is 13.9. The fourth-order valence-electron chi connectivity index (χ4n) is 2.92. The van der Waals surface area contributed by atoms with Crippen molar-refractivity contribution in [3.63, 3.8) is 0 Å². The minimum Gasteiger partial charge on any atom is -0.467 e. The van der Waals surface area contributed by atoms with E-state index in [0.717, 1.165) is 5.56 Å². The van der Waals surface area contributed by atoms with Gasteiger partial charge < -0.3 is 19.5 Å². The number of non-ortho nitro benzene ring substituents is 1. The number of nitrogens with zero attached hydrogens (tertiary/aromatic N) is 2. The normalized spacial score (nSPS) is 11.4. The first-order chi connectivity index (χ1) is 15.0. The number of nitro groups is 1. The molecular weight excluding hydrogens is 406 g/mol. The number of amides is 1. The van der Waals surface area contributed by atoms with E-state index in [1.165, 1.54) is 25.4 Å². The number of pyridine rings is 1. The van der Waals surface area contributed by atoms with E-state index in [1.807, 2.05) is 30.3 Å². The Morgan fingerprint density at radius 3 is 2.61 bits per heavy atom. The van der Waals surface area contributed by atoms with Gasteiger partial charge in [-0.15, -0.1) is 0 Å². The Morgan fingerprint density at radius 1 is 1.13 bits per heavy atom. The van der Waals surface area contributed by atoms with E-state index in [1.54, 1.807) is 12.1 Å². The zero-order chi connectivity index (χ0) is 22.2. The fraction of sp³-hybridized carbons (Fsp3) is 0.190. The molecule has 1 aromatic heterocycles. The molecule has 1 amide bonds. The molecule has 3 rings (SSSR count). The van der Waals surface area contributed by atoms with E-state index in [0.29, 0.717) is 5.39 Å². The molecule has 31 heavy (non-hydrogen) atoms. The number of esters is 1. The Labute approximate surface area is 176 Å². The molecule has 0 fully saturated rings. The Hall–Kier alpha value is -4.21. The number of ether oxygens (including phenoxy) is 3. The van der Waals surface area contributed by atoms with Crippen molar-refractivity contribution < 1.29 is 28.7 Å². The maximum Gasteiger partial charge on any atom is 0.410 e. The summed E-state index contributed by atoms with van der Waals surface area (Å²) in [4.78, 5) is 38.9. The molecule has 0 saturated heterocycles. The number of hydrogen-bond donors (Lipinski definition) is 1. The number of nitro benzene ring substituents is 1. The van der Waals surface area contributed by atoms with Crippen molar-refractivity contribution in [2.45, 2.75) is 12.5 Å². The lowest BCUT2D eigenvalue weighted by atomic mass is 10.1. The molecule has 1 atom stereocenters. The number of carbonyl (C=O) groups excluding carboxylic acids is 2. The third-order valence-electron chi connectivity index (χ3n) is 4.37. The van der Waals surface area contributed by atoms with E-state index in [9.17, 15) is 19.7 Å². The second kappa shape index (κ2) is 10.0. The fourth-order valence-corrected chi connectivity index (χ4v) is 2.92. The van der Waals surface area contributed by atoms with Gasteiger partial charge in [0.1, 0.15) is 17.3 Å². The minimum atomic E-state index is -0.943. The van der Waals surface area contributed by atoms with Crippen molar-refractivity contribution in [1.82, 2.24) is 10.3 Å². The van der Waals surface area contributed by atoms with Crippen LogP contribution >= 0.6 is 0 Å². The average Bonchev–Trinajstić information content (AvgIpc) is 2.78. The first kappa shape index (κ1) is 21.5. The van der Waals surface area contributed by atoms with Crippen LogP contribution in [-0.4, -0.2) is 41.9 Å². The summed E-state index contributed by atoms with van der Waals surface area (Å²) < 4.78 is 15.2. The zero-order valence-corrected chi connectivity index (χ0v) is 16.5. The third kappa shape index (κ3) is 5.44. The van der Waals surface area contributed by atoms with Crippen LogP contribution in [0.4, 0.5) is 10.5 Å². The summed E-state index contributed by atoms with van der Waals surface area (Å²) in [5.74, 6) is -0.407.